The standard InChI is InChI=1S/C12H20N4O/c1-9(2)15-4-5-16-10(8-15)3-6-17-11-7-13-14-12(11)16/h7,9-10H,3-6,8H2,1-2H3,(H,13,14)/t10-/m1/s1. The van der Waals surface area contributed by atoms with Crippen molar-refractivity contribution in [3.8, 4) is 5.75 Å². The van der Waals surface area contributed by atoms with Gasteiger partial charge in [-0.3, -0.25) is 10.00 Å². The summed E-state index contributed by atoms with van der Waals surface area (Å²) in [4.78, 5) is 4.97. The van der Waals surface area contributed by atoms with E-state index in [0.29, 0.717) is 12.1 Å². The lowest BCUT2D eigenvalue weighted by atomic mass is 10.1. The summed E-state index contributed by atoms with van der Waals surface area (Å²) in [6.07, 6.45) is 2.87. The Hall–Kier alpha value is -1.23. The number of H-pyrrole nitrogens is 1. The lowest BCUT2D eigenvalue weighted by Crippen LogP contribution is -2.55. The average molecular weight is 236 g/mol. The number of aromatic nitrogens is 2. The largest absolute Gasteiger partial charge is 0.488 e. The maximum absolute atomic E-state index is 5.72. The van der Waals surface area contributed by atoms with Crippen LogP contribution in [0.15, 0.2) is 6.20 Å². The van der Waals surface area contributed by atoms with Crippen LogP contribution in [0.4, 0.5) is 5.82 Å². The molecule has 2 aliphatic heterocycles. The van der Waals surface area contributed by atoms with Crippen molar-refractivity contribution in [3.05, 3.63) is 6.20 Å². The van der Waals surface area contributed by atoms with Crippen molar-refractivity contribution in [2.75, 3.05) is 31.1 Å². The molecule has 94 valence electrons. The van der Waals surface area contributed by atoms with E-state index in [2.05, 4.69) is 33.8 Å². The maximum atomic E-state index is 5.72. The molecule has 5 heteroatoms. The van der Waals surface area contributed by atoms with Crippen molar-refractivity contribution >= 4 is 5.82 Å². The molecule has 3 rings (SSSR count). The number of anilines is 1. The average Bonchev–Trinajstić information content (AvgIpc) is 2.71. The molecule has 0 aliphatic carbocycles. The third-order valence-corrected chi connectivity index (χ3v) is 3.83. The Morgan fingerprint density at radius 3 is 3.18 bits per heavy atom. The van der Waals surface area contributed by atoms with Crippen LogP contribution in [0.5, 0.6) is 5.75 Å². The third-order valence-electron chi connectivity index (χ3n) is 3.83. The van der Waals surface area contributed by atoms with Crippen molar-refractivity contribution in [1.82, 2.24) is 15.1 Å². The predicted octanol–water partition coefficient (Wildman–Crippen LogP) is 1.09. The molecule has 3 heterocycles. The zero-order chi connectivity index (χ0) is 11.8. The number of piperazine rings is 1. The SMILES string of the molecule is CC(C)N1CCN2c3[nH]ncc3OCC[C@@H]2C1. The number of hydrogen-bond donors (Lipinski definition) is 1. The van der Waals surface area contributed by atoms with Crippen LogP contribution in [-0.2, 0) is 0 Å². The first-order valence-corrected chi connectivity index (χ1v) is 6.42. The summed E-state index contributed by atoms with van der Waals surface area (Å²) in [5.74, 6) is 1.97. The molecule has 0 bridgehead atoms. The molecule has 0 aromatic carbocycles. The number of hydrogen-bond acceptors (Lipinski definition) is 4. The highest BCUT2D eigenvalue weighted by molar-refractivity contribution is 5.53. The van der Waals surface area contributed by atoms with E-state index in [1.807, 2.05) is 0 Å². The molecule has 1 aromatic heterocycles. The van der Waals surface area contributed by atoms with E-state index in [1.54, 1.807) is 6.20 Å². The zero-order valence-electron chi connectivity index (χ0n) is 10.5. The molecule has 1 aromatic rings. The summed E-state index contributed by atoms with van der Waals surface area (Å²) in [5, 5.41) is 7.16. The molecule has 1 atom stereocenters. The Balaban J connectivity index is 1.83. The van der Waals surface area contributed by atoms with Crippen LogP contribution in [0.1, 0.15) is 20.3 Å². The Morgan fingerprint density at radius 2 is 2.35 bits per heavy atom. The fourth-order valence-corrected chi connectivity index (χ4v) is 2.77. The second-order valence-corrected chi connectivity index (χ2v) is 5.16. The fourth-order valence-electron chi connectivity index (χ4n) is 2.77. The van der Waals surface area contributed by atoms with Crippen molar-refractivity contribution in [1.29, 1.82) is 0 Å². The molecule has 1 N–H and O–H groups in total. The number of rotatable bonds is 1. The van der Waals surface area contributed by atoms with Crippen molar-refractivity contribution in [2.24, 2.45) is 0 Å². The van der Waals surface area contributed by atoms with E-state index in [4.69, 9.17) is 4.74 Å². The van der Waals surface area contributed by atoms with Crippen molar-refractivity contribution in [3.63, 3.8) is 0 Å². The van der Waals surface area contributed by atoms with Gasteiger partial charge in [0.2, 0.25) is 0 Å². The molecule has 5 nitrogen and oxygen atoms in total. The van der Waals surface area contributed by atoms with Crippen LogP contribution in [0.2, 0.25) is 0 Å². The van der Waals surface area contributed by atoms with Crippen molar-refractivity contribution in [2.45, 2.75) is 32.4 Å². The monoisotopic (exact) mass is 236 g/mol. The normalized spacial score (nSPS) is 25.1. The molecule has 0 radical (unpaired) electrons. The van der Waals surface area contributed by atoms with E-state index in [-0.39, 0.29) is 0 Å². The minimum Gasteiger partial charge on any atom is -0.488 e. The van der Waals surface area contributed by atoms with Gasteiger partial charge in [-0.2, -0.15) is 5.10 Å². The van der Waals surface area contributed by atoms with Gasteiger partial charge in [0, 0.05) is 38.1 Å². The fraction of sp³-hybridized carbons (Fsp3) is 0.750. The van der Waals surface area contributed by atoms with Crippen LogP contribution < -0.4 is 9.64 Å². The Bertz CT molecular complexity index is 390. The minimum absolute atomic E-state index is 0.549. The lowest BCUT2D eigenvalue weighted by Gasteiger charge is -2.42. The Labute approximate surface area is 102 Å². The number of nitrogens with zero attached hydrogens (tertiary/aromatic N) is 3. The van der Waals surface area contributed by atoms with Crippen molar-refractivity contribution < 1.29 is 4.74 Å². The zero-order valence-corrected chi connectivity index (χ0v) is 10.5. The highest BCUT2D eigenvalue weighted by Gasteiger charge is 2.32. The van der Waals surface area contributed by atoms with Crippen LogP contribution >= 0.6 is 0 Å². The molecule has 0 saturated carbocycles. The van der Waals surface area contributed by atoms with E-state index in [0.717, 1.165) is 44.2 Å². The van der Waals surface area contributed by atoms with E-state index in [1.165, 1.54) is 0 Å². The molecular weight excluding hydrogens is 216 g/mol. The topological polar surface area (TPSA) is 44.4 Å². The molecule has 17 heavy (non-hydrogen) atoms. The van der Waals surface area contributed by atoms with Gasteiger partial charge in [-0.25, -0.2) is 0 Å². The number of ether oxygens (including phenoxy) is 1. The summed E-state index contributed by atoms with van der Waals surface area (Å²) in [6, 6.07) is 1.18. The van der Waals surface area contributed by atoms with E-state index in [9.17, 15) is 0 Å². The molecule has 2 aliphatic rings. The van der Waals surface area contributed by atoms with Crippen LogP contribution in [0, 0.1) is 0 Å². The van der Waals surface area contributed by atoms with Crippen LogP contribution in [-0.4, -0.2) is 53.4 Å². The van der Waals surface area contributed by atoms with Crippen LogP contribution in [0.25, 0.3) is 0 Å². The first-order chi connectivity index (χ1) is 8.25. The molecule has 0 spiro atoms. The molecular formula is C12H20N4O. The lowest BCUT2D eigenvalue weighted by molar-refractivity contribution is 0.171. The Kier molecular flexibility index (Phi) is 2.70. The molecule has 0 amide bonds. The second kappa shape index (κ2) is 4.22. The smallest absolute Gasteiger partial charge is 0.181 e. The summed E-state index contributed by atoms with van der Waals surface area (Å²) >= 11 is 0. The summed E-state index contributed by atoms with van der Waals surface area (Å²) < 4.78 is 5.72. The van der Waals surface area contributed by atoms with Gasteiger partial charge < -0.3 is 9.64 Å². The van der Waals surface area contributed by atoms with Gasteiger partial charge in [-0.1, -0.05) is 0 Å². The molecule has 0 unspecified atom stereocenters. The maximum Gasteiger partial charge on any atom is 0.181 e. The quantitative estimate of drug-likeness (QED) is 0.793. The van der Waals surface area contributed by atoms with Crippen LogP contribution in [0.3, 0.4) is 0 Å². The van der Waals surface area contributed by atoms with Gasteiger partial charge in [-0.05, 0) is 13.8 Å². The molecule has 1 fully saturated rings. The third kappa shape index (κ3) is 1.88. The Morgan fingerprint density at radius 1 is 1.47 bits per heavy atom. The summed E-state index contributed by atoms with van der Waals surface area (Å²) in [5.41, 5.74) is 0. The highest BCUT2D eigenvalue weighted by atomic mass is 16.5. The minimum atomic E-state index is 0.549. The van der Waals surface area contributed by atoms with Gasteiger partial charge in [0.15, 0.2) is 11.6 Å². The first-order valence-electron chi connectivity index (χ1n) is 6.42. The van der Waals surface area contributed by atoms with Gasteiger partial charge in [0.1, 0.15) is 0 Å². The highest BCUT2D eigenvalue weighted by Crippen LogP contribution is 2.32. The first kappa shape index (κ1) is 10.9. The van der Waals surface area contributed by atoms with Gasteiger partial charge in [0.25, 0.3) is 0 Å². The number of fused-ring (bicyclic) bond motifs is 3. The number of aromatic amines is 1. The van der Waals surface area contributed by atoms with Gasteiger partial charge in [-0.15, -0.1) is 0 Å². The second-order valence-electron chi connectivity index (χ2n) is 5.16. The van der Waals surface area contributed by atoms with Gasteiger partial charge >= 0.3 is 0 Å². The summed E-state index contributed by atoms with van der Waals surface area (Å²) in [6.45, 7) is 8.63. The summed E-state index contributed by atoms with van der Waals surface area (Å²) in [7, 11) is 0. The van der Waals surface area contributed by atoms with E-state index >= 15 is 0 Å². The predicted molar refractivity (Wildman–Crippen MR) is 66.5 cm³/mol. The number of nitrogens with one attached hydrogen (secondary N) is 1. The van der Waals surface area contributed by atoms with Gasteiger partial charge in [0.05, 0.1) is 12.8 Å². The van der Waals surface area contributed by atoms with E-state index < -0.39 is 0 Å². The molecule has 1 saturated heterocycles.